The van der Waals surface area contributed by atoms with E-state index < -0.39 is 22.6 Å². The Morgan fingerprint density at radius 3 is 2.22 bits per heavy atom. The summed E-state index contributed by atoms with van der Waals surface area (Å²) in [4.78, 5) is 28.8. The minimum atomic E-state index is -3.40. The summed E-state index contributed by atoms with van der Waals surface area (Å²) in [6.07, 6.45) is 0.558. The zero-order valence-corrected chi connectivity index (χ0v) is 22.3. The third-order valence-electron chi connectivity index (χ3n) is 5.43. The average Bonchev–Trinajstić information content (AvgIpc) is 3.04. The summed E-state index contributed by atoms with van der Waals surface area (Å²) in [5.74, 6) is 0.662. The van der Waals surface area contributed by atoms with Crippen molar-refractivity contribution < 1.29 is 12.8 Å². The van der Waals surface area contributed by atoms with Crippen molar-refractivity contribution in [1.82, 2.24) is 0 Å². The Balaban J connectivity index is 2.18. The van der Waals surface area contributed by atoms with Gasteiger partial charge >= 0.3 is 197 Å². The molecule has 0 fully saturated rings. The second kappa shape index (κ2) is 10.2. The van der Waals surface area contributed by atoms with E-state index in [1.807, 2.05) is 32.0 Å². The number of Topliss-reactive ketones (excluding diaryl/α,β-unsaturated/α-hetero) is 1. The van der Waals surface area contributed by atoms with Gasteiger partial charge in [-0.1, -0.05) is 0 Å². The third-order valence-corrected chi connectivity index (χ3v) is 17.2. The summed E-state index contributed by atoms with van der Waals surface area (Å²) in [7, 11) is 6.92. The summed E-state index contributed by atoms with van der Waals surface area (Å²) < 4.78 is 8.08. The van der Waals surface area contributed by atoms with E-state index in [1.165, 1.54) is 12.1 Å². The Morgan fingerprint density at radius 2 is 1.69 bits per heavy atom. The molecule has 0 saturated carbocycles. The molecule has 0 amide bonds. The number of carbonyl (C=O) groups is 1. The first kappa shape index (κ1) is 24.5. The zero-order valence-electron chi connectivity index (χ0n) is 18.7. The van der Waals surface area contributed by atoms with Gasteiger partial charge in [0.1, 0.15) is 0 Å². The number of carbonyl (C=O) groups excluding carboxylic acids is 1. The van der Waals surface area contributed by atoms with Crippen molar-refractivity contribution in [3.8, 4) is 0 Å². The van der Waals surface area contributed by atoms with Crippen LogP contribution < -0.4 is 0 Å². The Morgan fingerprint density at radius 1 is 1.09 bits per heavy atom. The van der Waals surface area contributed by atoms with Gasteiger partial charge in [-0.25, -0.2) is 0 Å². The summed E-state index contributed by atoms with van der Waals surface area (Å²) >= 11 is -3.40. The van der Waals surface area contributed by atoms with E-state index in [9.17, 15) is 14.9 Å². The molecule has 0 N–H and O–H groups in total. The van der Waals surface area contributed by atoms with Crippen LogP contribution in [0.1, 0.15) is 50.0 Å². The second-order valence-electron chi connectivity index (χ2n) is 8.20. The average molecular weight is 562 g/mol. The molecule has 0 heterocycles. The van der Waals surface area contributed by atoms with Gasteiger partial charge in [0.15, 0.2) is 0 Å². The van der Waals surface area contributed by atoms with Gasteiger partial charge in [-0.2, -0.15) is 0 Å². The Kier molecular flexibility index (Phi) is 7.77. The molecule has 6 nitrogen and oxygen atoms in total. The number of non-ortho nitro benzene ring substituents is 1. The minimum absolute atomic E-state index is 0.00571. The van der Waals surface area contributed by atoms with Crippen LogP contribution in [0, 0.1) is 16.0 Å². The van der Waals surface area contributed by atoms with Crippen LogP contribution in [0.2, 0.25) is 8.87 Å². The molecule has 0 saturated heterocycles. The normalized spacial score (nSPS) is 14.2. The summed E-state index contributed by atoms with van der Waals surface area (Å²) in [5, 5.41) is 11.0. The first-order chi connectivity index (χ1) is 15.2. The Labute approximate surface area is 196 Å². The molecule has 3 rings (SSSR count). The summed E-state index contributed by atoms with van der Waals surface area (Å²) in [5.41, 5.74) is 2.97. The van der Waals surface area contributed by atoms with Gasteiger partial charge in [-0.05, 0) is 0 Å². The first-order valence-electron chi connectivity index (χ1n) is 10.8. The van der Waals surface area contributed by atoms with Crippen LogP contribution >= 0.6 is 8.92 Å². The van der Waals surface area contributed by atoms with Gasteiger partial charge in [0.25, 0.3) is 0 Å². The first-order valence-corrected chi connectivity index (χ1v) is 19.6. The molecule has 0 spiro atoms. The monoisotopic (exact) mass is 562 g/mol. The Bertz CT molecular complexity index is 1090. The van der Waals surface area contributed by atoms with Crippen LogP contribution in [0.25, 0.3) is 5.76 Å². The van der Waals surface area contributed by atoms with Crippen LogP contribution in [0.4, 0.5) is 11.4 Å². The van der Waals surface area contributed by atoms with Gasteiger partial charge in [0.2, 0.25) is 0 Å². The molecule has 0 aromatic heterocycles. The number of benzene rings is 2. The predicted octanol–water partition coefficient (Wildman–Crippen LogP) is 7.06. The number of allylic oxidation sites excluding steroid dienone is 1. The number of nitrogens with zero attached hydrogens (tertiary/aromatic N) is 2. The van der Waals surface area contributed by atoms with Gasteiger partial charge in [-0.3, -0.25) is 0 Å². The van der Waals surface area contributed by atoms with Crippen LogP contribution in [0.15, 0.2) is 59.1 Å². The molecule has 1 aliphatic rings. The number of rotatable bonds is 9. The van der Waals surface area contributed by atoms with Crippen LogP contribution in [0.3, 0.4) is 0 Å². The van der Waals surface area contributed by atoms with Crippen molar-refractivity contribution in [1.29, 1.82) is 0 Å². The number of hydrogen-bond donors (Lipinski definition) is 0. The molecule has 168 valence electrons. The quantitative estimate of drug-likeness (QED) is 0.142. The van der Waals surface area contributed by atoms with Crippen molar-refractivity contribution >= 4 is 55.2 Å². The molecule has 1 aliphatic carbocycles. The van der Waals surface area contributed by atoms with Crippen molar-refractivity contribution in [2.75, 3.05) is 0 Å². The van der Waals surface area contributed by atoms with E-state index >= 15 is 0 Å². The van der Waals surface area contributed by atoms with Gasteiger partial charge in [0.05, 0.1) is 0 Å². The predicted molar refractivity (Wildman–Crippen MR) is 131 cm³/mol. The SMILES string of the molecule is C[CH2][Sn]([Cl])([CH2]C)[O]C1=C(C(CC(C)C)=Nc2ccc([N+](=O)[O-])cc2)C(=O)c2ccccc21. The number of ketones is 1. The number of hydrogen-bond acceptors (Lipinski definition) is 5. The summed E-state index contributed by atoms with van der Waals surface area (Å²) in [6.45, 7) is 8.19. The molecule has 2 aromatic rings. The topological polar surface area (TPSA) is 81.8 Å². The van der Waals surface area contributed by atoms with Crippen LogP contribution in [0.5, 0.6) is 0 Å². The van der Waals surface area contributed by atoms with E-state index in [2.05, 4.69) is 13.8 Å². The van der Waals surface area contributed by atoms with Gasteiger partial charge in [0, 0.05) is 0 Å². The maximum atomic E-state index is 13.5. The number of halogens is 1. The molecule has 32 heavy (non-hydrogen) atoms. The molecule has 2 aromatic carbocycles. The van der Waals surface area contributed by atoms with Crippen molar-refractivity contribution in [3.05, 3.63) is 75.3 Å². The van der Waals surface area contributed by atoms with E-state index in [1.54, 1.807) is 18.2 Å². The van der Waals surface area contributed by atoms with Gasteiger partial charge in [-0.15, -0.1) is 0 Å². The summed E-state index contributed by atoms with van der Waals surface area (Å²) in [6, 6.07) is 13.4. The van der Waals surface area contributed by atoms with Crippen LogP contribution in [-0.4, -0.2) is 34.1 Å². The fourth-order valence-corrected chi connectivity index (χ4v) is 8.01. The second-order valence-corrected chi connectivity index (χ2v) is 22.5. The van der Waals surface area contributed by atoms with E-state index in [0.29, 0.717) is 34.7 Å². The third kappa shape index (κ3) is 5.23. The van der Waals surface area contributed by atoms with Gasteiger partial charge < -0.3 is 0 Å². The van der Waals surface area contributed by atoms with Crippen molar-refractivity contribution in [3.63, 3.8) is 0 Å². The molecular formula is C24H27ClN2O4Sn. The molecule has 0 bridgehead atoms. The van der Waals surface area contributed by atoms with Crippen molar-refractivity contribution in [2.24, 2.45) is 10.9 Å². The molecule has 8 heteroatoms. The maximum absolute atomic E-state index is 13.5. The molecule has 0 radical (unpaired) electrons. The number of nitro benzene ring substituents is 1. The molecular weight excluding hydrogens is 534 g/mol. The molecule has 0 atom stereocenters. The fourth-order valence-electron chi connectivity index (χ4n) is 3.59. The van der Waals surface area contributed by atoms with Crippen molar-refractivity contribution in [2.45, 2.75) is 43.0 Å². The standard InChI is InChI=1S/C20H18N2O4.2C2H5.ClH.Sn/c1-12(2)11-17(21-13-7-9-14(10-8-13)22(25)26)18-19(23)15-5-3-4-6-16(15)20(18)24;2*1-2;;/h3-10,12,23H,11H2,1-2H3;2*1H2,2H3;1H;/q;;;;+2/p-2. The fraction of sp³-hybridized carbons (Fsp3) is 0.333. The Hall–Kier alpha value is -2.19. The van der Waals surface area contributed by atoms with Crippen LogP contribution in [-0.2, 0) is 3.07 Å². The van der Waals surface area contributed by atoms with E-state index in [4.69, 9.17) is 17.0 Å². The van der Waals surface area contributed by atoms with E-state index in [-0.39, 0.29) is 17.4 Å². The van der Waals surface area contributed by atoms with E-state index in [0.717, 1.165) is 14.4 Å². The zero-order chi connectivity index (χ0) is 23.5. The molecule has 0 aliphatic heterocycles. The number of fused-ring (bicyclic) bond motifs is 1. The number of aliphatic imine (C=N–C) groups is 1. The molecule has 0 unspecified atom stereocenters. The number of nitro groups is 1.